The first-order chi connectivity index (χ1) is 10.8. The standard InChI is InChI=1S/C19H28N2O2/c1-14-7-5-9-17(11-14)19(3,4)13-20-18(23)16-8-6-10-21(12-16)15(2)22/h5,7,9,11,16H,6,8,10,12-13H2,1-4H3,(H,20,23)/t16-/m1/s1. The van der Waals surface area contributed by atoms with Gasteiger partial charge in [0.05, 0.1) is 5.92 Å². The van der Waals surface area contributed by atoms with E-state index in [9.17, 15) is 9.59 Å². The van der Waals surface area contributed by atoms with Gasteiger partial charge in [0.1, 0.15) is 0 Å². The van der Waals surface area contributed by atoms with Crippen LogP contribution in [0.4, 0.5) is 0 Å². The van der Waals surface area contributed by atoms with Crippen molar-refractivity contribution in [3.8, 4) is 0 Å². The number of carbonyl (C=O) groups is 2. The molecule has 2 rings (SSSR count). The van der Waals surface area contributed by atoms with Gasteiger partial charge >= 0.3 is 0 Å². The Morgan fingerprint density at radius 3 is 2.74 bits per heavy atom. The molecule has 0 saturated carbocycles. The molecule has 1 aromatic rings. The number of hydrogen-bond donors (Lipinski definition) is 1. The first-order valence-corrected chi connectivity index (χ1v) is 8.40. The van der Waals surface area contributed by atoms with Crippen LogP contribution in [0.3, 0.4) is 0 Å². The molecule has 1 fully saturated rings. The largest absolute Gasteiger partial charge is 0.355 e. The number of piperidine rings is 1. The van der Waals surface area contributed by atoms with Crippen LogP contribution < -0.4 is 5.32 Å². The summed E-state index contributed by atoms with van der Waals surface area (Å²) in [6, 6.07) is 8.41. The van der Waals surface area contributed by atoms with E-state index < -0.39 is 0 Å². The van der Waals surface area contributed by atoms with Crippen LogP contribution in [0, 0.1) is 12.8 Å². The van der Waals surface area contributed by atoms with Crippen molar-refractivity contribution in [3.05, 3.63) is 35.4 Å². The summed E-state index contributed by atoms with van der Waals surface area (Å²) in [5, 5.41) is 3.09. The molecule has 4 heteroatoms. The van der Waals surface area contributed by atoms with E-state index in [0.717, 1.165) is 19.4 Å². The number of likely N-dealkylation sites (tertiary alicyclic amines) is 1. The molecular weight excluding hydrogens is 288 g/mol. The number of carbonyl (C=O) groups excluding carboxylic acids is 2. The summed E-state index contributed by atoms with van der Waals surface area (Å²) in [5.74, 6) is 0.0419. The van der Waals surface area contributed by atoms with Crippen LogP contribution >= 0.6 is 0 Å². The molecular formula is C19H28N2O2. The van der Waals surface area contributed by atoms with E-state index in [2.05, 4.69) is 50.4 Å². The summed E-state index contributed by atoms with van der Waals surface area (Å²) < 4.78 is 0. The van der Waals surface area contributed by atoms with E-state index in [0.29, 0.717) is 13.1 Å². The third kappa shape index (κ3) is 4.57. The predicted molar refractivity (Wildman–Crippen MR) is 92.2 cm³/mol. The molecule has 0 aromatic heterocycles. The summed E-state index contributed by atoms with van der Waals surface area (Å²) in [4.78, 5) is 25.7. The molecule has 0 bridgehead atoms. The number of nitrogens with zero attached hydrogens (tertiary/aromatic N) is 1. The molecule has 23 heavy (non-hydrogen) atoms. The fraction of sp³-hybridized carbons (Fsp3) is 0.579. The maximum atomic E-state index is 12.5. The van der Waals surface area contributed by atoms with E-state index in [1.165, 1.54) is 11.1 Å². The fourth-order valence-corrected chi connectivity index (χ4v) is 3.10. The maximum absolute atomic E-state index is 12.5. The molecule has 0 spiro atoms. The number of benzene rings is 1. The van der Waals surface area contributed by atoms with Crippen molar-refractivity contribution in [2.75, 3.05) is 19.6 Å². The van der Waals surface area contributed by atoms with E-state index in [1.54, 1.807) is 11.8 Å². The van der Waals surface area contributed by atoms with Gasteiger partial charge in [0, 0.05) is 32.0 Å². The number of hydrogen-bond acceptors (Lipinski definition) is 2. The quantitative estimate of drug-likeness (QED) is 0.928. The zero-order valence-electron chi connectivity index (χ0n) is 14.7. The molecule has 126 valence electrons. The molecule has 0 radical (unpaired) electrons. The minimum absolute atomic E-state index is 0.0580. The molecule has 1 N–H and O–H groups in total. The molecule has 0 unspecified atom stereocenters. The van der Waals surface area contributed by atoms with Crippen molar-refractivity contribution in [1.29, 1.82) is 0 Å². The number of aryl methyl sites for hydroxylation is 1. The fourth-order valence-electron chi connectivity index (χ4n) is 3.10. The van der Waals surface area contributed by atoms with E-state index >= 15 is 0 Å². The highest BCUT2D eigenvalue weighted by molar-refractivity contribution is 5.80. The monoisotopic (exact) mass is 316 g/mol. The van der Waals surface area contributed by atoms with Crippen molar-refractivity contribution in [2.45, 2.75) is 46.0 Å². The Bertz CT molecular complexity index is 580. The predicted octanol–water partition coefficient (Wildman–Crippen LogP) is 2.65. The van der Waals surface area contributed by atoms with Crippen molar-refractivity contribution in [2.24, 2.45) is 5.92 Å². The highest BCUT2D eigenvalue weighted by Crippen LogP contribution is 2.24. The summed E-state index contributed by atoms with van der Waals surface area (Å²) in [6.45, 7) is 9.86. The molecule has 1 heterocycles. The van der Waals surface area contributed by atoms with Crippen LogP contribution in [0.1, 0.15) is 44.7 Å². The smallest absolute Gasteiger partial charge is 0.224 e. The van der Waals surface area contributed by atoms with Gasteiger partial charge in [-0.05, 0) is 25.3 Å². The summed E-state index contributed by atoms with van der Waals surface area (Å²) in [5.41, 5.74) is 2.34. The van der Waals surface area contributed by atoms with Gasteiger partial charge in [-0.1, -0.05) is 43.7 Å². The lowest BCUT2D eigenvalue weighted by Gasteiger charge is -2.32. The number of rotatable bonds is 4. The Morgan fingerprint density at radius 2 is 2.09 bits per heavy atom. The van der Waals surface area contributed by atoms with Gasteiger partial charge in [0.15, 0.2) is 0 Å². The average molecular weight is 316 g/mol. The topological polar surface area (TPSA) is 49.4 Å². The van der Waals surface area contributed by atoms with Crippen LogP contribution in [0.25, 0.3) is 0 Å². The molecule has 1 aliphatic heterocycles. The number of nitrogens with one attached hydrogen (secondary N) is 1. The summed E-state index contributed by atoms with van der Waals surface area (Å²) >= 11 is 0. The van der Waals surface area contributed by atoms with Crippen LogP contribution in [0.15, 0.2) is 24.3 Å². The zero-order chi connectivity index (χ0) is 17.0. The van der Waals surface area contributed by atoms with Gasteiger partial charge < -0.3 is 10.2 Å². The molecule has 0 aliphatic carbocycles. The second-order valence-corrected chi connectivity index (χ2v) is 7.28. The van der Waals surface area contributed by atoms with Gasteiger partial charge in [0.25, 0.3) is 0 Å². The highest BCUT2D eigenvalue weighted by Gasteiger charge is 2.28. The Labute approximate surface area is 139 Å². The number of amides is 2. The Morgan fingerprint density at radius 1 is 1.35 bits per heavy atom. The van der Waals surface area contributed by atoms with E-state index in [4.69, 9.17) is 0 Å². The summed E-state index contributed by atoms with van der Waals surface area (Å²) in [7, 11) is 0. The second-order valence-electron chi connectivity index (χ2n) is 7.28. The van der Waals surface area contributed by atoms with Gasteiger partial charge in [-0.2, -0.15) is 0 Å². The Hall–Kier alpha value is -1.84. The van der Waals surface area contributed by atoms with E-state index in [-0.39, 0.29) is 23.1 Å². The highest BCUT2D eigenvalue weighted by atomic mass is 16.2. The summed E-state index contributed by atoms with van der Waals surface area (Å²) in [6.07, 6.45) is 1.76. The SMILES string of the molecule is CC(=O)N1CCC[C@@H](C(=O)NCC(C)(C)c2cccc(C)c2)C1. The first kappa shape index (κ1) is 17.5. The second kappa shape index (κ2) is 7.16. The maximum Gasteiger partial charge on any atom is 0.224 e. The molecule has 1 aromatic carbocycles. The van der Waals surface area contributed by atoms with Crippen molar-refractivity contribution < 1.29 is 9.59 Å². The molecule has 1 atom stereocenters. The Kier molecular flexibility index (Phi) is 5.45. The molecule has 4 nitrogen and oxygen atoms in total. The lowest BCUT2D eigenvalue weighted by atomic mass is 9.83. The third-order valence-corrected chi connectivity index (χ3v) is 4.74. The minimum atomic E-state index is -0.114. The van der Waals surface area contributed by atoms with Gasteiger partial charge in [0.2, 0.25) is 11.8 Å². The van der Waals surface area contributed by atoms with E-state index in [1.807, 2.05) is 0 Å². The van der Waals surface area contributed by atoms with Gasteiger partial charge in [-0.15, -0.1) is 0 Å². The van der Waals surface area contributed by atoms with Crippen LogP contribution in [-0.2, 0) is 15.0 Å². The zero-order valence-corrected chi connectivity index (χ0v) is 14.7. The minimum Gasteiger partial charge on any atom is -0.355 e. The normalized spacial score (nSPS) is 18.6. The van der Waals surface area contributed by atoms with Crippen molar-refractivity contribution >= 4 is 11.8 Å². The lowest BCUT2D eigenvalue weighted by molar-refractivity contribution is -0.134. The Balaban J connectivity index is 1.94. The van der Waals surface area contributed by atoms with Crippen LogP contribution in [0.2, 0.25) is 0 Å². The molecule has 1 aliphatic rings. The van der Waals surface area contributed by atoms with Crippen LogP contribution in [-0.4, -0.2) is 36.3 Å². The molecule has 1 saturated heterocycles. The van der Waals surface area contributed by atoms with Gasteiger partial charge in [-0.25, -0.2) is 0 Å². The average Bonchev–Trinajstić information content (AvgIpc) is 2.53. The third-order valence-electron chi connectivity index (χ3n) is 4.74. The van der Waals surface area contributed by atoms with Crippen molar-refractivity contribution in [1.82, 2.24) is 10.2 Å². The lowest BCUT2D eigenvalue weighted by Crippen LogP contribution is -2.46. The first-order valence-electron chi connectivity index (χ1n) is 8.40. The van der Waals surface area contributed by atoms with Gasteiger partial charge in [-0.3, -0.25) is 9.59 Å². The van der Waals surface area contributed by atoms with Crippen molar-refractivity contribution in [3.63, 3.8) is 0 Å². The molecule has 2 amide bonds. The van der Waals surface area contributed by atoms with Crippen LogP contribution in [0.5, 0.6) is 0 Å².